The van der Waals surface area contributed by atoms with Gasteiger partial charge in [-0.25, -0.2) is 8.42 Å². The largest absolute Gasteiger partial charge is 0.326 e. The minimum atomic E-state index is -3.01. The number of carbonyl (C=O) groups excluding carboxylic acids is 1. The van der Waals surface area contributed by atoms with Crippen molar-refractivity contribution in [1.29, 1.82) is 0 Å². The summed E-state index contributed by atoms with van der Waals surface area (Å²) in [6, 6.07) is 5.76. The number of aryl methyl sites for hydroxylation is 2. The Balaban J connectivity index is 2.08. The first kappa shape index (κ1) is 13.1. The predicted molar refractivity (Wildman–Crippen MR) is 71.3 cm³/mol. The topological polar surface area (TPSA) is 63.2 Å². The quantitative estimate of drug-likeness (QED) is 0.886. The van der Waals surface area contributed by atoms with Crippen LogP contribution >= 0.6 is 0 Å². The third-order valence-corrected chi connectivity index (χ3v) is 5.01. The van der Waals surface area contributed by atoms with Crippen LogP contribution in [0.5, 0.6) is 0 Å². The van der Waals surface area contributed by atoms with E-state index in [1.807, 2.05) is 32.0 Å². The van der Waals surface area contributed by atoms with Gasteiger partial charge in [0.2, 0.25) is 5.91 Å². The summed E-state index contributed by atoms with van der Waals surface area (Å²) in [6.07, 6.45) is 0.430. The first-order valence-electron chi connectivity index (χ1n) is 5.96. The zero-order chi connectivity index (χ0) is 13.3. The lowest BCUT2D eigenvalue weighted by atomic mass is 10.1. The van der Waals surface area contributed by atoms with Gasteiger partial charge in [0.15, 0.2) is 9.84 Å². The first-order valence-corrected chi connectivity index (χ1v) is 7.78. The van der Waals surface area contributed by atoms with Crippen LogP contribution in [0.25, 0.3) is 0 Å². The van der Waals surface area contributed by atoms with E-state index in [1.165, 1.54) is 0 Å². The number of sulfone groups is 1. The van der Waals surface area contributed by atoms with Gasteiger partial charge in [0.1, 0.15) is 0 Å². The van der Waals surface area contributed by atoms with E-state index in [2.05, 4.69) is 5.32 Å². The van der Waals surface area contributed by atoms with Gasteiger partial charge in [-0.05, 0) is 31.9 Å². The van der Waals surface area contributed by atoms with Crippen molar-refractivity contribution in [2.24, 2.45) is 5.92 Å². The van der Waals surface area contributed by atoms with Crippen LogP contribution in [0, 0.1) is 19.8 Å². The third-order valence-electron chi connectivity index (χ3n) is 3.24. The highest BCUT2D eigenvalue weighted by Gasteiger charge is 2.32. The molecule has 4 nitrogen and oxygen atoms in total. The average Bonchev–Trinajstić information content (AvgIpc) is 2.63. The van der Waals surface area contributed by atoms with Crippen LogP contribution in [0.3, 0.4) is 0 Å². The van der Waals surface area contributed by atoms with Gasteiger partial charge in [0.05, 0.1) is 17.4 Å². The van der Waals surface area contributed by atoms with Crippen molar-refractivity contribution in [1.82, 2.24) is 0 Å². The summed E-state index contributed by atoms with van der Waals surface area (Å²) in [5.41, 5.74) is 2.88. The smallest absolute Gasteiger partial charge is 0.228 e. The molecule has 1 atom stereocenters. The number of nitrogens with one attached hydrogen (secondary N) is 1. The Labute approximate surface area is 107 Å². The van der Waals surface area contributed by atoms with Gasteiger partial charge in [0, 0.05) is 5.69 Å². The van der Waals surface area contributed by atoms with Crippen molar-refractivity contribution in [3.05, 3.63) is 29.3 Å². The Morgan fingerprint density at radius 1 is 1.33 bits per heavy atom. The maximum absolute atomic E-state index is 12.0. The van der Waals surface area contributed by atoms with Crippen LogP contribution in [0.15, 0.2) is 18.2 Å². The van der Waals surface area contributed by atoms with E-state index in [-0.39, 0.29) is 17.4 Å². The molecule has 1 fully saturated rings. The highest BCUT2D eigenvalue weighted by Crippen LogP contribution is 2.22. The molecule has 0 saturated carbocycles. The number of benzene rings is 1. The molecule has 0 unspecified atom stereocenters. The van der Waals surface area contributed by atoms with Crippen molar-refractivity contribution < 1.29 is 13.2 Å². The fourth-order valence-corrected chi connectivity index (χ4v) is 3.93. The molecule has 1 aliphatic rings. The van der Waals surface area contributed by atoms with Crippen LogP contribution in [-0.2, 0) is 14.6 Å². The molecule has 0 bridgehead atoms. The molecule has 2 rings (SSSR count). The minimum Gasteiger partial charge on any atom is -0.326 e. The van der Waals surface area contributed by atoms with Crippen LogP contribution in [-0.4, -0.2) is 25.8 Å². The fraction of sp³-hybridized carbons (Fsp3) is 0.462. The molecule has 98 valence electrons. The van der Waals surface area contributed by atoms with Crippen LogP contribution < -0.4 is 5.32 Å². The van der Waals surface area contributed by atoms with Crippen molar-refractivity contribution in [2.45, 2.75) is 20.3 Å². The summed E-state index contributed by atoms with van der Waals surface area (Å²) in [7, 11) is -3.01. The molecule has 0 spiro atoms. The van der Waals surface area contributed by atoms with Crippen molar-refractivity contribution >= 4 is 21.4 Å². The maximum Gasteiger partial charge on any atom is 0.228 e. The number of rotatable bonds is 2. The molecule has 0 aromatic heterocycles. The molecule has 18 heavy (non-hydrogen) atoms. The molecular weight excluding hydrogens is 250 g/mol. The molecule has 0 radical (unpaired) electrons. The zero-order valence-corrected chi connectivity index (χ0v) is 11.4. The molecule has 0 aliphatic carbocycles. The first-order chi connectivity index (χ1) is 8.37. The lowest BCUT2D eigenvalue weighted by molar-refractivity contribution is -0.119. The minimum absolute atomic E-state index is 0.0241. The SMILES string of the molecule is Cc1ccc(NC(=O)[C@H]2CCS(=O)(=O)C2)c(C)c1. The normalized spacial score (nSPS) is 21.8. The number of anilines is 1. The van der Waals surface area contributed by atoms with Crippen LogP contribution in [0.2, 0.25) is 0 Å². The number of hydrogen-bond acceptors (Lipinski definition) is 3. The van der Waals surface area contributed by atoms with Crippen molar-refractivity contribution in [2.75, 3.05) is 16.8 Å². The Morgan fingerprint density at radius 2 is 2.06 bits per heavy atom. The summed E-state index contributed by atoms with van der Waals surface area (Å²) in [6.45, 7) is 3.91. The second-order valence-corrected chi connectivity index (χ2v) is 7.14. The van der Waals surface area contributed by atoms with E-state index >= 15 is 0 Å². The van der Waals surface area contributed by atoms with Gasteiger partial charge >= 0.3 is 0 Å². The van der Waals surface area contributed by atoms with E-state index in [1.54, 1.807) is 0 Å². The lowest BCUT2D eigenvalue weighted by Crippen LogP contribution is -2.24. The summed E-state index contributed by atoms with van der Waals surface area (Å²) in [5.74, 6) is -0.499. The molecule has 1 amide bonds. The van der Waals surface area contributed by atoms with Gasteiger partial charge in [-0.15, -0.1) is 0 Å². The molecule has 1 aromatic rings. The average molecular weight is 267 g/mol. The molecule has 1 heterocycles. The monoisotopic (exact) mass is 267 g/mol. The number of hydrogen-bond donors (Lipinski definition) is 1. The standard InChI is InChI=1S/C13H17NO3S/c1-9-3-4-12(10(2)7-9)14-13(15)11-5-6-18(16,17)8-11/h3-4,7,11H,5-6,8H2,1-2H3,(H,14,15)/t11-/m0/s1. The van der Waals surface area contributed by atoms with Crippen LogP contribution in [0.4, 0.5) is 5.69 Å². The lowest BCUT2D eigenvalue weighted by Gasteiger charge is -2.12. The van der Waals surface area contributed by atoms with E-state index < -0.39 is 15.8 Å². The molecule has 1 N–H and O–H groups in total. The summed E-state index contributed by atoms with van der Waals surface area (Å²) >= 11 is 0. The second-order valence-electron chi connectivity index (χ2n) is 4.91. The van der Waals surface area contributed by atoms with Gasteiger partial charge in [-0.2, -0.15) is 0 Å². The highest BCUT2D eigenvalue weighted by molar-refractivity contribution is 7.91. The Bertz CT molecular complexity index is 578. The Kier molecular flexibility index (Phi) is 3.43. The van der Waals surface area contributed by atoms with Gasteiger partial charge in [0.25, 0.3) is 0 Å². The Hall–Kier alpha value is -1.36. The molecule has 1 aliphatic heterocycles. The summed E-state index contributed by atoms with van der Waals surface area (Å²) in [4.78, 5) is 12.0. The van der Waals surface area contributed by atoms with E-state index in [9.17, 15) is 13.2 Å². The van der Waals surface area contributed by atoms with Gasteiger partial charge in [-0.1, -0.05) is 17.7 Å². The van der Waals surface area contributed by atoms with Crippen molar-refractivity contribution in [3.63, 3.8) is 0 Å². The summed E-state index contributed by atoms with van der Waals surface area (Å²) < 4.78 is 22.7. The van der Waals surface area contributed by atoms with E-state index in [0.717, 1.165) is 16.8 Å². The fourth-order valence-electron chi connectivity index (χ4n) is 2.19. The van der Waals surface area contributed by atoms with Gasteiger partial charge < -0.3 is 5.32 Å². The van der Waals surface area contributed by atoms with E-state index in [0.29, 0.717) is 6.42 Å². The third kappa shape index (κ3) is 2.90. The molecule has 5 heteroatoms. The van der Waals surface area contributed by atoms with E-state index in [4.69, 9.17) is 0 Å². The highest BCUT2D eigenvalue weighted by atomic mass is 32.2. The second kappa shape index (κ2) is 4.72. The van der Waals surface area contributed by atoms with Crippen LogP contribution in [0.1, 0.15) is 17.5 Å². The van der Waals surface area contributed by atoms with Crippen molar-refractivity contribution in [3.8, 4) is 0 Å². The predicted octanol–water partition coefficient (Wildman–Crippen LogP) is 1.68. The molecule has 1 saturated heterocycles. The Morgan fingerprint density at radius 3 is 2.61 bits per heavy atom. The zero-order valence-electron chi connectivity index (χ0n) is 10.6. The maximum atomic E-state index is 12.0. The molecular formula is C13H17NO3S. The molecule has 1 aromatic carbocycles. The number of amides is 1. The van der Waals surface area contributed by atoms with Gasteiger partial charge in [-0.3, -0.25) is 4.79 Å². The summed E-state index contributed by atoms with van der Waals surface area (Å²) in [5, 5.41) is 2.81. The number of carbonyl (C=O) groups is 1.